The number of benzene rings is 1. The van der Waals surface area contributed by atoms with Gasteiger partial charge in [-0.2, -0.15) is 0 Å². The normalized spacial score (nSPS) is 17.4. The van der Waals surface area contributed by atoms with Crippen molar-refractivity contribution in [2.75, 3.05) is 47.8 Å². The van der Waals surface area contributed by atoms with Crippen LogP contribution in [-0.4, -0.2) is 66.5 Å². The third-order valence-electron chi connectivity index (χ3n) is 6.70. The van der Waals surface area contributed by atoms with Gasteiger partial charge in [-0.1, -0.05) is 6.07 Å². The van der Waals surface area contributed by atoms with E-state index >= 15 is 0 Å². The summed E-state index contributed by atoms with van der Waals surface area (Å²) in [5.74, 6) is -0.990. The predicted octanol–water partition coefficient (Wildman–Crippen LogP) is 2.63. The number of sulfonamides is 1. The molecule has 3 aromatic heterocycles. The fraction of sp³-hybridized carbons (Fsp3) is 0.320. The van der Waals surface area contributed by atoms with E-state index < -0.39 is 27.1 Å². The minimum atomic E-state index is -3.49. The highest BCUT2D eigenvalue weighted by Gasteiger charge is 2.30. The van der Waals surface area contributed by atoms with Gasteiger partial charge in [0.25, 0.3) is 0 Å². The number of aromatic hydroxyl groups is 1. The average Bonchev–Trinajstić information content (AvgIpc) is 3.53. The van der Waals surface area contributed by atoms with Crippen molar-refractivity contribution in [2.45, 2.75) is 12.8 Å². The number of halogens is 1. The van der Waals surface area contributed by atoms with Gasteiger partial charge in [-0.15, -0.1) is 11.3 Å². The number of anilines is 2. The third-order valence-corrected chi connectivity index (χ3v) is 9.56. The summed E-state index contributed by atoms with van der Waals surface area (Å²) in [4.78, 5) is 24.8. The lowest BCUT2D eigenvalue weighted by molar-refractivity contribution is 0.122. The molecule has 2 fully saturated rings. The molecule has 198 valence electrons. The second kappa shape index (κ2) is 9.64. The molecule has 13 heteroatoms. The van der Waals surface area contributed by atoms with Crippen LogP contribution in [0.3, 0.4) is 0 Å². The van der Waals surface area contributed by atoms with Gasteiger partial charge in [0.05, 0.1) is 30.3 Å². The van der Waals surface area contributed by atoms with E-state index in [1.54, 1.807) is 24.5 Å². The van der Waals surface area contributed by atoms with Crippen molar-refractivity contribution in [1.82, 2.24) is 14.4 Å². The molecule has 1 aromatic carbocycles. The first kappa shape index (κ1) is 24.8. The van der Waals surface area contributed by atoms with E-state index in [-0.39, 0.29) is 11.4 Å². The van der Waals surface area contributed by atoms with E-state index in [9.17, 15) is 22.7 Å². The third kappa shape index (κ3) is 4.50. The van der Waals surface area contributed by atoms with Gasteiger partial charge in [-0.05, 0) is 36.2 Å². The van der Waals surface area contributed by atoms with Crippen LogP contribution >= 0.6 is 11.3 Å². The molecule has 4 aromatic rings. The highest BCUT2D eigenvalue weighted by Crippen LogP contribution is 2.34. The van der Waals surface area contributed by atoms with Crippen LogP contribution < -0.4 is 14.8 Å². The smallest absolute Gasteiger partial charge is 0.300 e. The first-order valence-electron chi connectivity index (χ1n) is 12.1. The van der Waals surface area contributed by atoms with Crippen LogP contribution in [0.15, 0.2) is 47.5 Å². The quantitative estimate of drug-likeness (QED) is 0.398. The van der Waals surface area contributed by atoms with Gasteiger partial charge in [0.1, 0.15) is 22.2 Å². The van der Waals surface area contributed by atoms with Crippen LogP contribution in [0.2, 0.25) is 0 Å². The first-order valence-corrected chi connectivity index (χ1v) is 14.5. The Labute approximate surface area is 221 Å². The molecule has 0 radical (unpaired) electrons. The number of rotatable bonds is 5. The molecule has 6 rings (SSSR count). The van der Waals surface area contributed by atoms with Crippen molar-refractivity contribution in [3.63, 3.8) is 0 Å². The minimum absolute atomic E-state index is 0.0318. The number of ether oxygens (including phenoxy) is 1. The van der Waals surface area contributed by atoms with Gasteiger partial charge in [-0.25, -0.2) is 22.8 Å². The number of hydrogen-bond acceptors (Lipinski definition) is 9. The monoisotopic (exact) mass is 557 g/mol. The lowest BCUT2D eigenvalue weighted by Crippen LogP contribution is -2.36. The topological polar surface area (TPSA) is 117 Å². The molecule has 10 nitrogen and oxygen atoms in total. The molecular weight excluding hydrogens is 533 g/mol. The number of morpholine rings is 1. The molecule has 2 aliphatic rings. The molecule has 38 heavy (non-hydrogen) atoms. The average molecular weight is 558 g/mol. The maximum atomic E-state index is 14.1. The van der Waals surface area contributed by atoms with Gasteiger partial charge in [-0.3, -0.25) is 13.5 Å². The summed E-state index contributed by atoms with van der Waals surface area (Å²) in [6.07, 6.45) is 4.04. The zero-order valence-corrected chi connectivity index (χ0v) is 21.8. The van der Waals surface area contributed by atoms with Gasteiger partial charge >= 0.3 is 5.56 Å². The van der Waals surface area contributed by atoms with Crippen molar-refractivity contribution in [3.8, 4) is 16.5 Å². The van der Waals surface area contributed by atoms with Crippen LogP contribution in [0, 0.1) is 5.82 Å². The zero-order chi connectivity index (χ0) is 26.4. The van der Waals surface area contributed by atoms with Crippen molar-refractivity contribution < 1.29 is 22.7 Å². The number of hydrogen-bond donors (Lipinski definition) is 1. The molecule has 0 atom stereocenters. The number of pyridine rings is 1. The molecule has 0 bridgehead atoms. The molecule has 0 amide bonds. The summed E-state index contributed by atoms with van der Waals surface area (Å²) in [7, 11) is -3.49. The lowest BCUT2D eigenvalue weighted by Gasteiger charge is -2.28. The van der Waals surface area contributed by atoms with Gasteiger partial charge in [0.15, 0.2) is 0 Å². The second-order valence-electron chi connectivity index (χ2n) is 9.15. The second-order valence-corrected chi connectivity index (χ2v) is 12.3. The highest BCUT2D eigenvalue weighted by atomic mass is 32.2. The molecule has 0 saturated carbocycles. The molecule has 0 unspecified atom stereocenters. The molecule has 0 spiro atoms. The fourth-order valence-corrected chi connectivity index (χ4v) is 7.31. The van der Waals surface area contributed by atoms with Gasteiger partial charge in [0.2, 0.25) is 15.8 Å². The van der Waals surface area contributed by atoms with Crippen LogP contribution in [0.25, 0.3) is 16.3 Å². The number of aromatic nitrogens is 3. The number of thiazole rings is 1. The molecule has 5 heterocycles. The Balaban J connectivity index is 1.32. The summed E-state index contributed by atoms with van der Waals surface area (Å²) in [5, 5.41) is 11.1. The molecule has 2 aliphatic heterocycles. The predicted molar refractivity (Wildman–Crippen MR) is 142 cm³/mol. The number of nitrogens with zero attached hydrogens (tertiary/aromatic N) is 5. The summed E-state index contributed by atoms with van der Waals surface area (Å²) in [5.41, 5.74) is 1.64. The Hall–Kier alpha value is -3.55. The van der Waals surface area contributed by atoms with Crippen LogP contribution in [0.5, 0.6) is 5.75 Å². The van der Waals surface area contributed by atoms with Crippen molar-refractivity contribution in [2.24, 2.45) is 0 Å². The van der Waals surface area contributed by atoms with E-state index in [0.717, 1.165) is 10.6 Å². The maximum Gasteiger partial charge on any atom is 0.300 e. The Morgan fingerprint density at radius 2 is 1.95 bits per heavy atom. The van der Waals surface area contributed by atoms with Crippen LogP contribution in [0.1, 0.15) is 16.9 Å². The maximum absolute atomic E-state index is 14.1. The molecule has 2 saturated heterocycles. The highest BCUT2D eigenvalue weighted by molar-refractivity contribution is 7.93. The largest absolute Gasteiger partial charge is 0.501 e. The van der Waals surface area contributed by atoms with E-state index in [4.69, 9.17) is 4.74 Å². The zero-order valence-electron chi connectivity index (χ0n) is 20.2. The van der Waals surface area contributed by atoms with E-state index in [1.807, 2.05) is 6.07 Å². The minimum Gasteiger partial charge on any atom is -0.501 e. The Bertz CT molecular complexity index is 1700. The van der Waals surface area contributed by atoms with Crippen LogP contribution in [-0.2, 0) is 21.2 Å². The SMILES string of the molecule is O=c1c(O)c(-c2ncc(Cc3ccc(F)cc3N3CCCS3(=O)=O)s2)nc2ccc(N3CCOCC3)cn12. The fourth-order valence-electron chi connectivity index (χ4n) is 4.79. The summed E-state index contributed by atoms with van der Waals surface area (Å²) in [6, 6.07) is 7.71. The van der Waals surface area contributed by atoms with E-state index in [2.05, 4.69) is 14.9 Å². The summed E-state index contributed by atoms with van der Waals surface area (Å²) in [6.45, 7) is 2.93. The first-order chi connectivity index (χ1) is 18.3. The van der Waals surface area contributed by atoms with E-state index in [0.29, 0.717) is 67.6 Å². The molecule has 1 N–H and O–H groups in total. The van der Waals surface area contributed by atoms with Crippen molar-refractivity contribution in [1.29, 1.82) is 0 Å². The van der Waals surface area contributed by atoms with Crippen molar-refractivity contribution >= 4 is 38.4 Å². The van der Waals surface area contributed by atoms with Gasteiger partial charge in [0, 0.05) is 43.3 Å². The molecule has 0 aliphatic carbocycles. The summed E-state index contributed by atoms with van der Waals surface area (Å²) < 4.78 is 47.0. The van der Waals surface area contributed by atoms with Crippen LogP contribution in [0.4, 0.5) is 15.8 Å². The number of fused-ring (bicyclic) bond motifs is 1. The standard InChI is InChI=1S/C25H24FN5O5S2/c26-17-3-2-16(20(13-17)31-6-1-11-38(31,34)35)12-19-14-27-24(37-19)22-23(32)25(33)30-15-18(4-5-21(30)28-22)29-7-9-36-10-8-29/h2-5,13-15,32H,1,6-12H2. The van der Waals surface area contributed by atoms with E-state index in [1.165, 1.54) is 32.2 Å². The van der Waals surface area contributed by atoms with Gasteiger partial charge < -0.3 is 14.7 Å². The summed E-state index contributed by atoms with van der Waals surface area (Å²) >= 11 is 1.23. The Morgan fingerprint density at radius 3 is 2.71 bits per heavy atom. The molecular formula is C25H24FN5O5S2. The van der Waals surface area contributed by atoms with Crippen molar-refractivity contribution in [3.05, 3.63) is 69.3 Å². The Kier molecular flexibility index (Phi) is 6.28. The lowest BCUT2D eigenvalue weighted by atomic mass is 10.1. The Morgan fingerprint density at radius 1 is 1.13 bits per heavy atom.